The van der Waals surface area contributed by atoms with E-state index in [4.69, 9.17) is 17.0 Å². The fourth-order valence-electron chi connectivity index (χ4n) is 1.13. The van der Waals surface area contributed by atoms with E-state index >= 15 is 0 Å². The van der Waals surface area contributed by atoms with Crippen LogP contribution in [0.25, 0.3) is 0 Å². The normalized spacial score (nSPS) is 12.2. The Labute approximate surface area is 109 Å². The van der Waals surface area contributed by atoms with Gasteiger partial charge in [-0.1, -0.05) is 6.92 Å². The molecule has 1 atom stereocenters. The summed E-state index contributed by atoms with van der Waals surface area (Å²) in [5.41, 5.74) is 0. The van der Waals surface area contributed by atoms with Gasteiger partial charge in [0, 0.05) is 31.6 Å². The first-order chi connectivity index (χ1) is 7.70. The average molecular weight is 264 g/mol. The Bertz CT molecular complexity index is 179. The second kappa shape index (κ2) is 11.5. The minimum atomic E-state index is 0.428. The number of thioether (sulfide) groups is 1. The van der Waals surface area contributed by atoms with Crippen molar-refractivity contribution in [2.75, 3.05) is 31.3 Å². The van der Waals surface area contributed by atoms with Crippen LogP contribution < -0.4 is 10.6 Å². The highest BCUT2D eigenvalue weighted by Crippen LogP contribution is 2.00. The molecule has 0 amide bonds. The van der Waals surface area contributed by atoms with Crippen molar-refractivity contribution in [2.45, 2.75) is 33.2 Å². The molecule has 2 N–H and O–H groups in total. The lowest BCUT2D eigenvalue weighted by Gasteiger charge is -2.16. The molecule has 3 nitrogen and oxygen atoms in total. The summed E-state index contributed by atoms with van der Waals surface area (Å²) >= 11 is 7.11. The number of hydrogen-bond acceptors (Lipinski definition) is 3. The summed E-state index contributed by atoms with van der Waals surface area (Å²) in [6.45, 7) is 8.78. The predicted molar refractivity (Wildman–Crippen MR) is 77.3 cm³/mol. The zero-order valence-electron chi connectivity index (χ0n) is 10.5. The lowest BCUT2D eigenvalue weighted by molar-refractivity contribution is 0.145. The number of thiocarbonyl (C=S) groups is 1. The first-order valence-corrected chi connectivity index (χ1v) is 7.46. The summed E-state index contributed by atoms with van der Waals surface area (Å²) < 4.78 is 5.24. The largest absolute Gasteiger partial charge is 0.382 e. The smallest absolute Gasteiger partial charge is 0.166 e. The van der Waals surface area contributed by atoms with Gasteiger partial charge in [-0.15, -0.1) is 0 Å². The molecule has 0 rings (SSSR count). The molecule has 0 radical (unpaired) electrons. The van der Waals surface area contributed by atoms with Crippen LogP contribution in [0.4, 0.5) is 0 Å². The van der Waals surface area contributed by atoms with Crippen molar-refractivity contribution in [1.82, 2.24) is 10.6 Å². The molecule has 0 saturated carbocycles. The van der Waals surface area contributed by atoms with E-state index in [1.54, 1.807) is 0 Å². The molecule has 5 heteroatoms. The predicted octanol–water partition coefficient (Wildman–Crippen LogP) is 2.02. The summed E-state index contributed by atoms with van der Waals surface area (Å²) in [4.78, 5) is 0. The van der Waals surface area contributed by atoms with Crippen molar-refractivity contribution in [3.05, 3.63) is 0 Å². The molecule has 0 spiro atoms. The molecule has 0 aliphatic rings. The Morgan fingerprint density at radius 3 is 2.81 bits per heavy atom. The Kier molecular flexibility index (Phi) is 11.5. The van der Waals surface area contributed by atoms with Crippen molar-refractivity contribution in [1.29, 1.82) is 0 Å². The highest BCUT2D eigenvalue weighted by Gasteiger charge is 2.02. The Morgan fingerprint density at radius 1 is 1.44 bits per heavy atom. The third-order valence-electron chi connectivity index (χ3n) is 1.90. The van der Waals surface area contributed by atoms with Gasteiger partial charge in [-0.2, -0.15) is 11.8 Å². The lowest BCUT2D eigenvalue weighted by atomic mass is 10.4. The molecular weight excluding hydrogens is 240 g/mol. The van der Waals surface area contributed by atoms with Gasteiger partial charge in [0.2, 0.25) is 0 Å². The van der Waals surface area contributed by atoms with Crippen LogP contribution >= 0.6 is 24.0 Å². The fourth-order valence-corrected chi connectivity index (χ4v) is 2.11. The molecular formula is C11H24N2OS2. The van der Waals surface area contributed by atoms with Crippen LogP contribution in [0.15, 0.2) is 0 Å². The van der Waals surface area contributed by atoms with E-state index in [0.29, 0.717) is 6.04 Å². The number of nitrogens with one attached hydrogen (secondary N) is 2. The number of ether oxygens (including phenoxy) is 1. The molecule has 0 heterocycles. The number of rotatable bonds is 9. The van der Waals surface area contributed by atoms with Crippen LogP contribution in [0.2, 0.25) is 0 Å². The quantitative estimate of drug-likeness (QED) is 0.492. The van der Waals surface area contributed by atoms with Crippen LogP contribution in [-0.2, 0) is 4.74 Å². The topological polar surface area (TPSA) is 33.3 Å². The van der Waals surface area contributed by atoms with E-state index in [-0.39, 0.29) is 0 Å². The van der Waals surface area contributed by atoms with Gasteiger partial charge in [0.1, 0.15) is 0 Å². The van der Waals surface area contributed by atoms with Crippen molar-refractivity contribution < 1.29 is 4.74 Å². The van der Waals surface area contributed by atoms with Crippen LogP contribution in [0, 0.1) is 0 Å². The zero-order valence-corrected chi connectivity index (χ0v) is 12.2. The third kappa shape index (κ3) is 10.5. The minimum Gasteiger partial charge on any atom is -0.382 e. The maximum absolute atomic E-state index is 5.24. The van der Waals surface area contributed by atoms with Crippen LogP contribution in [-0.4, -0.2) is 42.4 Å². The summed E-state index contributed by atoms with van der Waals surface area (Å²) in [5.74, 6) is 2.25. The van der Waals surface area contributed by atoms with Gasteiger partial charge >= 0.3 is 0 Å². The molecule has 0 bridgehead atoms. The SMILES string of the molecule is CCOCCCNC(=S)NC(C)CSCC. The van der Waals surface area contributed by atoms with Gasteiger partial charge in [0.25, 0.3) is 0 Å². The maximum atomic E-state index is 5.24. The molecule has 0 fully saturated rings. The second-order valence-corrected chi connectivity index (χ2v) is 5.24. The summed E-state index contributed by atoms with van der Waals surface area (Å²) in [7, 11) is 0. The fraction of sp³-hybridized carbons (Fsp3) is 0.909. The monoisotopic (exact) mass is 264 g/mol. The molecule has 0 aliphatic heterocycles. The average Bonchev–Trinajstić information content (AvgIpc) is 2.26. The van der Waals surface area contributed by atoms with Crippen LogP contribution in [0.3, 0.4) is 0 Å². The van der Waals surface area contributed by atoms with Crippen molar-refractivity contribution >= 4 is 29.1 Å². The van der Waals surface area contributed by atoms with E-state index in [1.165, 1.54) is 0 Å². The van der Waals surface area contributed by atoms with Gasteiger partial charge in [0.05, 0.1) is 0 Å². The Hall–Kier alpha value is 0. The minimum absolute atomic E-state index is 0.428. The third-order valence-corrected chi connectivity index (χ3v) is 3.31. The van der Waals surface area contributed by atoms with Gasteiger partial charge < -0.3 is 15.4 Å². The highest BCUT2D eigenvalue weighted by molar-refractivity contribution is 7.99. The van der Waals surface area contributed by atoms with Crippen molar-refractivity contribution in [3.8, 4) is 0 Å². The lowest BCUT2D eigenvalue weighted by Crippen LogP contribution is -2.42. The molecule has 0 aromatic rings. The van der Waals surface area contributed by atoms with Crippen molar-refractivity contribution in [3.63, 3.8) is 0 Å². The Morgan fingerprint density at radius 2 is 2.19 bits per heavy atom. The summed E-state index contributed by atoms with van der Waals surface area (Å²) in [6.07, 6.45) is 0.994. The summed E-state index contributed by atoms with van der Waals surface area (Å²) in [5, 5.41) is 7.19. The van der Waals surface area contributed by atoms with Crippen LogP contribution in [0.1, 0.15) is 27.2 Å². The van der Waals surface area contributed by atoms with Crippen molar-refractivity contribution in [2.24, 2.45) is 0 Å². The van der Waals surface area contributed by atoms with Gasteiger partial charge in [-0.3, -0.25) is 0 Å². The van der Waals surface area contributed by atoms with E-state index in [2.05, 4.69) is 24.5 Å². The standard InChI is InChI=1S/C11H24N2OS2/c1-4-14-8-6-7-12-11(15)13-10(3)9-16-5-2/h10H,4-9H2,1-3H3,(H2,12,13,15). The molecule has 0 aromatic heterocycles. The first kappa shape index (κ1) is 16.0. The van der Waals surface area contributed by atoms with E-state index in [0.717, 1.165) is 42.8 Å². The first-order valence-electron chi connectivity index (χ1n) is 5.90. The van der Waals surface area contributed by atoms with E-state index < -0.39 is 0 Å². The van der Waals surface area contributed by atoms with Gasteiger partial charge in [0.15, 0.2) is 5.11 Å². The zero-order chi connectivity index (χ0) is 12.2. The Balaban J connectivity index is 3.36. The molecule has 96 valence electrons. The molecule has 0 saturated heterocycles. The van der Waals surface area contributed by atoms with Crippen LogP contribution in [0.5, 0.6) is 0 Å². The molecule has 1 unspecified atom stereocenters. The van der Waals surface area contributed by atoms with Gasteiger partial charge in [-0.05, 0) is 38.2 Å². The van der Waals surface area contributed by atoms with E-state index in [1.807, 2.05) is 18.7 Å². The van der Waals surface area contributed by atoms with E-state index in [9.17, 15) is 0 Å². The molecule has 0 aromatic carbocycles. The summed E-state index contributed by atoms with van der Waals surface area (Å²) in [6, 6.07) is 0.428. The number of hydrogen-bond donors (Lipinski definition) is 2. The molecule has 0 aliphatic carbocycles. The maximum Gasteiger partial charge on any atom is 0.166 e. The highest BCUT2D eigenvalue weighted by atomic mass is 32.2. The molecule has 16 heavy (non-hydrogen) atoms. The van der Waals surface area contributed by atoms with Gasteiger partial charge in [-0.25, -0.2) is 0 Å². The second-order valence-electron chi connectivity index (χ2n) is 3.51.